The summed E-state index contributed by atoms with van der Waals surface area (Å²) in [5, 5.41) is 1.58. The minimum absolute atomic E-state index is 0.0148. The monoisotopic (exact) mass is 356 g/mol. The van der Waals surface area contributed by atoms with Crippen molar-refractivity contribution >= 4 is 22.8 Å². The predicted octanol–water partition coefficient (Wildman–Crippen LogP) is 3.52. The number of fused-ring (bicyclic) bond motifs is 1. The maximum Gasteiger partial charge on any atom is 0.256 e. The summed E-state index contributed by atoms with van der Waals surface area (Å²) in [6, 6.07) is 2.10. The SMILES string of the molecule is CSc1ncc2cc(Cc3nc(C)co3)c(=O)n(C3CCCC3)c2n1. The lowest BCUT2D eigenvalue weighted by Crippen LogP contribution is -2.28. The van der Waals surface area contributed by atoms with Crippen LogP contribution in [0.4, 0.5) is 0 Å². The van der Waals surface area contributed by atoms with Crippen molar-refractivity contribution in [2.24, 2.45) is 0 Å². The van der Waals surface area contributed by atoms with Gasteiger partial charge in [0, 0.05) is 23.2 Å². The van der Waals surface area contributed by atoms with Gasteiger partial charge in [0.25, 0.3) is 5.56 Å². The van der Waals surface area contributed by atoms with Crippen LogP contribution in [0.5, 0.6) is 0 Å². The Morgan fingerprint density at radius 1 is 1.32 bits per heavy atom. The third kappa shape index (κ3) is 3.08. The molecule has 1 aliphatic rings. The van der Waals surface area contributed by atoms with Gasteiger partial charge >= 0.3 is 0 Å². The molecule has 0 saturated heterocycles. The van der Waals surface area contributed by atoms with Crippen LogP contribution in [0.15, 0.2) is 32.9 Å². The van der Waals surface area contributed by atoms with Crippen molar-refractivity contribution < 1.29 is 4.42 Å². The Balaban J connectivity index is 1.89. The second kappa shape index (κ2) is 6.63. The summed E-state index contributed by atoms with van der Waals surface area (Å²) in [7, 11) is 0. The van der Waals surface area contributed by atoms with Crippen LogP contribution in [0.3, 0.4) is 0 Å². The highest BCUT2D eigenvalue weighted by molar-refractivity contribution is 7.98. The molecule has 0 amide bonds. The van der Waals surface area contributed by atoms with E-state index in [4.69, 9.17) is 4.42 Å². The maximum atomic E-state index is 13.2. The number of pyridine rings is 1. The third-order valence-corrected chi connectivity index (χ3v) is 5.27. The van der Waals surface area contributed by atoms with E-state index in [0.29, 0.717) is 23.0 Å². The lowest BCUT2D eigenvalue weighted by molar-refractivity contribution is 0.496. The number of oxazole rings is 1. The molecule has 1 aliphatic carbocycles. The van der Waals surface area contributed by atoms with Crippen molar-refractivity contribution in [3.63, 3.8) is 0 Å². The quantitative estimate of drug-likeness (QED) is 0.526. The molecule has 0 atom stereocenters. The van der Waals surface area contributed by atoms with E-state index in [2.05, 4.69) is 15.0 Å². The van der Waals surface area contributed by atoms with Gasteiger partial charge in [-0.3, -0.25) is 9.36 Å². The second-order valence-corrected chi connectivity index (χ2v) is 7.25. The number of hydrogen-bond donors (Lipinski definition) is 0. The van der Waals surface area contributed by atoms with E-state index in [1.54, 1.807) is 6.26 Å². The van der Waals surface area contributed by atoms with Gasteiger partial charge < -0.3 is 4.42 Å². The van der Waals surface area contributed by atoms with Gasteiger partial charge in [-0.1, -0.05) is 24.6 Å². The molecule has 1 saturated carbocycles. The number of hydrogen-bond acceptors (Lipinski definition) is 6. The van der Waals surface area contributed by atoms with E-state index >= 15 is 0 Å². The molecular formula is C18H20N4O2S. The Labute approximate surface area is 149 Å². The summed E-state index contributed by atoms with van der Waals surface area (Å²) in [5.41, 5.74) is 2.26. The van der Waals surface area contributed by atoms with Crippen molar-refractivity contribution in [1.29, 1.82) is 0 Å². The van der Waals surface area contributed by atoms with Gasteiger partial charge in [-0.2, -0.15) is 0 Å². The lowest BCUT2D eigenvalue weighted by Gasteiger charge is -2.17. The summed E-state index contributed by atoms with van der Waals surface area (Å²) in [6.45, 7) is 1.88. The highest BCUT2D eigenvalue weighted by Crippen LogP contribution is 2.31. The van der Waals surface area contributed by atoms with Crippen molar-refractivity contribution in [3.8, 4) is 0 Å². The number of rotatable bonds is 4. The van der Waals surface area contributed by atoms with Crippen LogP contribution >= 0.6 is 11.8 Å². The molecule has 0 radical (unpaired) electrons. The zero-order valence-corrected chi connectivity index (χ0v) is 15.2. The summed E-state index contributed by atoms with van der Waals surface area (Å²) in [4.78, 5) is 26.5. The zero-order valence-electron chi connectivity index (χ0n) is 14.4. The Morgan fingerprint density at radius 3 is 2.80 bits per heavy atom. The minimum Gasteiger partial charge on any atom is -0.448 e. The van der Waals surface area contributed by atoms with Crippen LogP contribution in [-0.4, -0.2) is 25.8 Å². The smallest absolute Gasteiger partial charge is 0.256 e. The van der Waals surface area contributed by atoms with Gasteiger partial charge in [0.05, 0.1) is 12.1 Å². The standard InChI is InChI=1S/C18H20N4O2S/c1-11-10-24-15(20-11)8-12-7-13-9-19-18(25-2)21-16(13)22(17(12)23)14-5-3-4-6-14/h7,9-10,14H,3-6,8H2,1-2H3. The van der Waals surface area contributed by atoms with Gasteiger partial charge in [0.15, 0.2) is 11.0 Å². The van der Waals surface area contributed by atoms with Crippen LogP contribution in [0.2, 0.25) is 0 Å². The second-order valence-electron chi connectivity index (χ2n) is 6.48. The van der Waals surface area contributed by atoms with Crippen LogP contribution < -0.4 is 5.56 Å². The lowest BCUT2D eigenvalue weighted by atomic mass is 10.1. The molecule has 0 N–H and O–H groups in total. The largest absolute Gasteiger partial charge is 0.448 e. The number of aryl methyl sites for hydroxylation is 1. The maximum absolute atomic E-state index is 13.2. The van der Waals surface area contributed by atoms with Crippen molar-refractivity contribution in [3.05, 3.63) is 46.0 Å². The average Bonchev–Trinajstić information content (AvgIpc) is 3.27. The van der Waals surface area contributed by atoms with Crippen molar-refractivity contribution in [1.82, 2.24) is 19.5 Å². The van der Waals surface area contributed by atoms with Gasteiger partial charge in [-0.15, -0.1) is 0 Å². The minimum atomic E-state index is 0.0148. The molecule has 0 aliphatic heterocycles. The van der Waals surface area contributed by atoms with Crippen molar-refractivity contribution in [2.45, 2.75) is 50.2 Å². The molecule has 1 fully saturated rings. The van der Waals surface area contributed by atoms with Crippen LogP contribution in [0.25, 0.3) is 11.0 Å². The van der Waals surface area contributed by atoms with Gasteiger partial charge in [-0.05, 0) is 32.1 Å². The molecule has 0 aromatic carbocycles. The molecule has 3 aromatic heterocycles. The predicted molar refractivity (Wildman–Crippen MR) is 97.1 cm³/mol. The Morgan fingerprint density at radius 2 is 2.12 bits per heavy atom. The van der Waals surface area contributed by atoms with E-state index in [0.717, 1.165) is 42.4 Å². The molecule has 25 heavy (non-hydrogen) atoms. The van der Waals surface area contributed by atoms with E-state index in [1.165, 1.54) is 11.8 Å². The fraction of sp³-hybridized carbons (Fsp3) is 0.444. The Kier molecular flexibility index (Phi) is 4.33. The number of nitrogens with zero attached hydrogens (tertiary/aromatic N) is 4. The molecule has 6 nitrogen and oxygen atoms in total. The molecule has 7 heteroatoms. The van der Waals surface area contributed by atoms with E-state index in [1.807, 2.05) is 30.0 Å². The summed E-state index contributed by atoms with van der Waals surface area (Å²) < 4.78 is 7.33. The average molecular weight is 356 g/mol. The molecule has 0 spiro atoms. The molecule has 3 aromatic rings. The van der Waals surface area contributed by atoms with Gasteiger partial charge in [0.1, 0.15) is 11.9 Å². The van der Waals surface area contributed by atoms with E-state index in [-0.39, 0.29) is 11.6 Å². The normalized spacial score (nSPS) is 15.3. The summed E-state index contributed by atoms with van der Waals surface area (Å²) >= 11 is 1.49. The highest BCUT2D eigenvalue weighted by atomic mass is 32.2. The number of aromatic nitrogens is 4. The molecular weight excluding hydrogens is 336 g/mol. The topological polar surface area (TPSA) is 73.8 Å². The fourth-order valence-electron chi connectivity index (χ4n) is 3.53. The first-order valence-electron chi connectivity index (χ1n) is 8.52. The zero-order chi connectivity index (χ0) is 17.4. The first kappa shape index (κ1) is 16.3. The Bertz CT molecular complexity index is 973. The van der Waals surface area contributed by atoms with Crippen LogP contribution in [-0.2, 0) is 6.42 Å². The van der Waals surface area contributed by atoms with Gasteiger partial charge in [-0.25, -0.2) is 15.0 Å². The fourth-order valence-corrected chi connectivity index (χ4v) is 3.87. The van der Waals surface area contributed by atoms with Crippen LogP contribution in [0.1, 0.15) is 48.9 Å². The first-order chi connectivity index (χ1) is 12.2. The van der Waals surface area contributed by atoms with E-state index in [9.17, 15) is 4.79 Å². The molecule has 0 unspecified atom stereocenters. The Hall–Kier alpha value is -2.15. The molecule has 3 heterocycles. The molecule has 0 bridgehead atoms. The molecule has 4 rings (SSSR count). The summed E-state index contributed by atoms with van der Waals surface area (Å²) in [5.74, 6) is 0.563. The van der Waals surface area contributed by atoms with Crippen molar-refractivity contribution in [2.75, 3.05) is 6.26 Å². The van der Waals surface area contributed by atoms with E-state index < -0.39 is 0 Å². The first-order valence-corrected chi connectivity index (χ1v) is 9.74. The van der Waals surface area contributed by atoms with Crippen LogP contribution in [0, 0.1) is 6.92 Å². The highest BCUT2D eigenvalue weighted by Gasteiger charge is 2.23. The number of thioether (sulfide) groups is 1. The summed E-state index contributed by atoms with van der Waals surface area (Å²) in [6.07, 6.45) is 10.1. The molecule has 130 valence electrons. The third-order valence-electron chi connectivity index (χ3n) is 4.71. The van der Waals surface area contributed by atoms with Gasteiger partial charge in [0.2, 0.25) is 0 Å².